The second kappa shape index (κ2) is 13.6. The Balaban J connectivity index is 0.000000245. The number of benzene rings is 2. The maximum atomic E-state index is 2.52. The fourth-order valence-corrected chi connectivity index (χ4v) is 4.21. The van der Waals surface area contributed by atoms with Crippen molar-refractivity contribution in [3.63, 3.8) is 0 Å². The Kier molecular flexibility index (Phi) is 12.1. The molecule has 0 fully saturated rings. The summed E-state index contributed by atoms with van der Waals surface area (Å²) in [6, 6.07) is 21.0. The molecule has 0 amide bonds. The van der Waals surface area contributed by atoms with Gasteiger partial charge in [-0.3, -0.25) is 0 Å². The van der Waals surface area contributed by atoms with Gasteiger partial charge in [-0.25, -0.2) is 10.6 Å². The summed E-state index contributed by atoms with van der Waals surface area (Å²) in [6.45, 7) is 13.7. The van der Waals surface area contributed by atoms with E-state index in [1.807, 2.05) is 12.1 Å². The molecule has 0 heterocycles. The van der Waals surface area contributed by atoms with Crippen molar-refractivity contribution in [2.45, 2.75) is 27.7 Å². The van der Waals surface area contributed by atoms with Gasteiger partial charge in [-0.15, -0.1) is 0 Å². The van der Waals surface area contributed by atoms with Crippen molar-refractivity contribution in [2.75, 3.05) is 26.2 Å². The van der Waals surface area contributed by atoms with Crippen LogP contribution >= 0.6 is 8.58 Å². The Bertz CT molecular complexity index is 466. The molecule has 0 spiro atoms. The zero-order chi connectivity index (χ0) is 17.6. The summed E-state index contributed by atoms with van der Waals surface area (Å²) in [5, 5.41) is 2.68. The maximum absolute atomic E-state index is 2.52. The third-order valence-corrected chi connectivity index (χ3v) is 6.95. The summed E-state index contributed by atoms with van der Waals surface area (Å²) in [5.74, 6) is 0. The molecule has 0 N–H and O–H groups in total. The Morgan fingerprint density at radius 1 is 0.625 bits per heavy atom. The molecule has 24 heavy (non-hydrogen) atoms. The van der Waals surface area contributed by atoms with E-state index >= 15 is 0 Å². The first-order chi connectivity index (χ1) is 11.7. The van der Waals surface area contributed by atoms with E-state index in [2.05, 4.69) is 84.0 Å². The van der Waals surface area contributed by atoms with Crippen LogP contribution in [-0.4, -0.2) is 49.6 Å². The van der Waals surface area contributed by atoms with E-state index in [9.17, 15) is 0 Å². The summed E-state index contributed by atoms with van der Waals surface area (Å²) in [5.41, 5.74) is 0. The number of nitrogens with zero attached hydrogens (tertiary/aromatic N) is 2. The molecule has 2 rings (SSSR count). The molecule has 0 aromatic heterocycles. The molecule has 0 unspecified atom stereocenters. The minimum Gasteiger partial charge on any atom is -0.472 e. The molecule has 128 valence electrons. The van der Waals surface area contributed by atoms with Crippen LogP contribution in [0.25, 0.3) is 0 Å². The molecular formula is C20H30AlN2P. The predicted octanol–water partition coefficient (Wildman–Crippen LogP) is 3.79. The van der Waals surface area contributed by atoms with Crippen LogP contribution in [0.4, 0.5) is 0 Å². The first-order valence-electron chi connectivity index (χ1n) is 8.88. The molecule has 2 aromatic carbocycles. The van der Waals surface area contributed by atoms with Gasteiger partial charge in [-0.05, 0) is 0 Å². The Morgan fingerprint density at radius 2 is 0.958 bits per heavy atom. The number of hydrogen-bond acceptors (Lipinski definition) is 2. The molecule has 0 atom stereocenters. The number of hydrogen-bond donors (Lipinski definition) is 0. The van der Waals surface area contributed by atoms with E-state index in [0.29, 0.717) is 15.7 Å². The minimum absolute atomic E-state index is 0.394. The first-order valence-corrected chi connectivity index (χ1v) is 10.8. The smallest absolute Gasteiger partial charge is 0.0624 e. The quantitative estimate of drug-likeness (QED) is 0.525. The van der Waals surface area contributed by atoms with Crippen LogP contribution in [0.3, 0.4) is 0 Å². The third-order valence-electron chi connectivity index (χ3n) is 3.72. The van der Waals surface area contributed by atoms with Gasteiger partial charge in [0.15, 0.2) is 0 Å². The van der Waals surface area contributed by atoms with Crippen molar-refractivity contribution in [1.82, 2.24) is 7.77 Å². The molecule has 0 radical (unpaired) electrons. The molecule has 0 aliphatic heterocycles. The van der Waals surface area contributed by atoms with Crippen LogP contribution in [-0.2, 0) is 0 Å². The fraction of sp³-hybridized carbons (Fsp3) is 0.400. The average molecular weight is 356 g/mol. The van der Waals surface area contributed by atoms with Crippen LogP contribution in [0.2, 0.25) is 0 Å². The van der Waals surface area contributed by atoms with E-state index in [1.54, 1.807) is 0 Å². The van der Waals surface area contributed by atoms with Crippen molar-refractivity contribution in [1.29, 1.82) is 0 Å². The second-order valence-corrected chi connectivity index (χ2v) is 8.29. The van der Waals surface area contributed by atoms with Crippen LogP contribution in [0.5, 0.6) is 0 Å². The fourth-order valence-electron chi connectivity index (χ4n) is 2.16. The van der Waals surface area contributed by atoms with Crippen LogP contribution in [0, 0.1) is 0 Å². The normalized spacial score (nSPS) is 10.2. The van der Waals surface area contributed by atoms with Crippen molar-refractivity contribution < 1.29 is 0 Å². The Hall–Kier alpha value is -0.678. The summed E-state index contributed by atoms with van der Waals surface area (Å²) in [7, 11) is 1.28. The molecule has 2 aromatic rings. The first kappa shape index (κ1) is 21.4. The molecule has 0 bridgehead atoms. The van der Waals surface area contributed by atoms with Gasteiger partial charge in [0.25, 0.3) is 0 Å². The monoisotopic (exact) mass is 356 g/mol. The molecule has 0 aliphatic rings. The van der Waals surface area contributed by atoms with Gasteiger partial charge in [0.2, 0.25) is 0 Å². The standard InChI is InChI=1S/C12H10P.2C4H10N.Al/c1-3-7-11(8-4-1)13-12-9-5-2-6-10-12;2*1-3-5-4-2;/h1-10H;2*3-4H2,1-2H3;/q3*-1;+3. The van der Waals surface area contributed by atoms with Crippen LogP contribution in [0.15, 0.2) is 60.7 Å². The van der Waals surface area contributed by atoms with Crippen LogP contribution in [0.1, 0.15) is 27.7 Å². The summed E-state index contributed by atoms with van der Waals surface area (Å²) < 4.78 is 5.04. The van der Waals surface area contributed by atoms with Crippen molar-refractivity contribution in [3.05, 3.63) is 60.7 Å². The van der Waals surface area contributed by atoms with Crippen molar-refractivity contribution >= 4 is 34.9 Å². The zero-order valence-corrected chi connectivity index (χ0v) is 17.6. The van der Waals surface area contributed by atoms with E-state index in [-0.39, 0.29) is 0 Å². The van der Waals surface area contributed by atoms with Gasteiger partial charge >= 0.3 is 77.3 Å². The summed E-state index contributed by atoms with van der Waals surface area (Å²) >= 11 is 0.394. The van der Waals surface area contributed by atoms with E-state index < -0.39 is 0 Å². The van der Waals surface area contributed by atoms with Gasteiger partial charge in [-0.1, -0.05) is 60.7 Å². The van der Waals surface area contributed by atoms with E-state index in [4.69, 9.17) is 0 Å². The van der Waals surface area contributed by atoms with Crippen molar-refractivity contribution in [2.24, 2.45) is 0 Å². The Morgan fingerprint density at radius 3 is 1.25 bits per heavy atom. The molecular weight excluding hydrogens is 326 g/mol. The topological polar surface area (TPSA) is 6.48 Å². The predicted molar refractivity (Wildman–Crippen MR) is 111 cm³/mol. The molecule has 0 aliphatic carbocycles. The van der Waals surface area contributed by atoms with Gasteiger partial charge < -0.3 is 8.58 Å². The minimum atomic E-state index is 0.394. The van der Waals surface area contributed by atoms with Gasteiger partial charge in [0.05, 0.1) is 0 Å². The van der Waals surface area contributed by atoms with E-state index in [1.165, 1.54) is 45.4 Å². The maximum Gasteiger partial charge on any atom is -0.0624 e. The Labute approximate surface area is 157 Å². The van der Waals surface area contributed by atoms with Crippen molar-refractivity contribution in [3.8, 4) is 0 Å². The molecule has 4 heteroatoms. The average Bonchev–Trinajstić information content (AvgIpc) is 2.65. The summed E-state index contributed by atoms with van der Waals surface area (Å²) in [4.78, 5) is 0. The largest absolute Gasteiger partial charge is 0.472 e. The van der Waals surface area contributed by atoms with Gasteiger partial charge in [0, 0.05) is 0 Å². The number of rotatable bonds is 8. The van der Waals surface area contributed by atoms with Gasteiger partial charge in [-0.2, -0.15) is 0 Å². The zero-order valence-electron chi connectivity index (χ0n) is 15.5. The second-order valence-electron chi connectivity index (χ2n) is 5.34. The van der Waals surface area contributed by atoms with Crippen LogP contribution < -0.4 is 10.6 Å². The molecule has 2 nitrogen and oxygen atoms in total. The van der Waals surface area contributed by atoms with Gasteiger partial charge in [0.1, 0.15) is 0 Å². The molecule has 0 saturated carbocycles. The molecule has 0 saturated heterocycles. The third kappa shape index (κ3) is 8.98. The van der Waals surface area contributed by atoms with E-state index in [0.717, 1.165) is 0 Å². The SMILES string of the molecule is CC[N](CC)[Al+][N](CC)CC.c1ccc([P-]c2ccccc2)cc1. The summed E-state index contributed by atoms with van der Waals surface area (Å²) in [6.07, 6.45) is 0.